The van der Waals surface area contributed by atoms with Gasteiger partial charge in [0, 0.05) is 31.0 Å². The van der Waals surface area contributed by atoms with Gasteiger partial charge in [0.25, 0.3) is 0 Å². The summed E-state index contributed by atoms with van der Waals surface area (Å²) < 4.78 is 1.83. The Morgan fingerprint density at radius 3 is 2.74 bits per heavy atom. The maximum atomic E-state index is 4.45. The van der Waals surface area contributed by atoms with Gasteiger partial charge in [0.15, 0.2) is 0 Å². The molecule has 0 aliphatic rings. The highest BCUT2D eigenvalue weighted by molar-refractivity contribution is 5.35. The van der Waals surface area contributed by atoms with Crippen LogP contribution in [0.1, 0.15) is 17.3 Å². The summed E-state index contributed by atoms with van der Waals surface area (Å²) >= 11 is 0. The molecule has 5 nitrogen and oxygen atoms in total. The number of nitrogens with one attached hydrogen (secondary N) is 1. The summed E-state index contributed by atoms with van der Waals surface area (Å²) in [6, 6.07) is 6.27. The van der Waals surface area contributed by atoms with Gasteiger partial charge < -0.3 is 10.2 Å². The highest BCUT2D eigenvalue weighted by Gasteiger charge is 2.15. The van der Waals surface area contributed by atoms with Crippen LogP contribution >= 0.6 is 0 Å². The van der Waals surface area contributed by atoms with Gasteiger partial charge in [-0.15, -0.1) is 0 Å². The van der Waals surface area contributed by atoms with Gasteiger partial charge in [-0.2, -0.15) is 5.10 Å². The fraction of sp³-hybridized carbons (Fsp3) is 0.429. The molecule has 2 rings (SSSR count). The first-order valence-electron chi connectivity index (χ1n) is 6.39. The lowest BCUT2D eigenvalue weighted by atomic mass is 10.1. The first-order chi connectivity index (χ1) is 9.06. The molecule has 0 saturated carbocycles. The van der Waals surface area contributed by atoms with E-state index in [-0.39, 0.29) is 6.04 Å². The zero-order valence-electron chi connectivity index (χ0n) is 12.0. The number of hydrogen-bond donors (Lipinski definition) is 1. The number of aryl methyl sites for hydroxylation is 2. The first-order valence-corrected chi connectivity index (χ1v) is 6.39. The predicted molar refractivity (Wildman–Crippen MR) is 77.1 cm³/mol. The van der Waals surface area contributed by atoms with Crippen molar-refractivity contribution in [2.45, 2.75) is 13.0 Å². The van der Waals surface area contributed by atoms with Crippen LogP contribution in [-0.4, -0.2) is 40.3 Å². The molecular weight excluding hydrogens is 238 g/mol. The van der Waals surface area contributed by atoms with E-state index in [1.165, 1.54) is 5.56 Å². The number of nitrogens with zero attached hydrogens (tertiary/aromatic N) is 4. The second-order valence-corrected chi connectivity index (χ2v) is 4.97. The first kappa shape index (κ1) is 13.5. The van der Waals surface area contributed by atoms with Crippen molar-refractivity contribution in [3.8, 4) is 0 Å². The lowest BCUT2D eigenvalue weighted by Crippen LogP contribution is -2.26. The van der Waals surface area contributed by atoms with Gasteiger partial charge in [0.05, 0.1) is 12.2 Å². The molecule has 0 aromatic carbocycles. The van der Waals surface area contributed by atoms with Crippen molar-refractivity contribution in [1.29, 1.82) is 0 Å². The predicted octanol–water partition coefficient (Wildman–Crippen LogP) is 1.84. The van der Waals surface area contributed by atoms with Crippen LogP contribution in [0.3, 0.4) is 0 Å². The number of rotatable bonds is 5. The number of likely N-dealkylation sites (N-methyl/N-ethyl adjacent to an activating group) is 1. The molecule has 0 saturated heterocycles. The van der Waals surface area contributed by atoms with Crippen molar-refractivity contribution in [1.82, 2.24) is 19.7 Å². The van der Waals surface area contributed by atoms with Crippen molar-refractivity contribution in [2.75, 3.05) is 26.0 Å². The Labute approximate surface area is 114 Å². The van der Waals surface area contributed by atoms with E-state index in [2.05, 4.69) is 40.6 Å². The van der Waals surface area contributed by atoms with E-state index in [4.69, 9.17) is 0 Å². The number of aromatic nitrogens is 3. The van der Waals surface area contributed by atoms with E-state index in [0.717, 1.165) is 18.1 Å². The number of pyridine rings is 1. The summed E-state index contributed by atoms with van der Waals surface area (Å²) in [5.41, 5.74) is 2.22. The highest BCUT2D eigenvalue weighted by Crippen LogP contribution is 2.18. The summed E-state index contributed by atoms with van der Waals surface area (Å²) in [5.74, 6) is 0.913. The Morgan fingerprint density at radius 2 is 2.16 bits per heavy atom. The molecule has 102 valence electrons. The lowest BCUT2D eigenvalue weighted by molar-refractivity contribution is 0.311. The topological polar surface area (TPSA) is 46.0 Å². The van der Waals surface area contributed by atoms with Crippen LogP contribution in [0.2, 0.25) is 0 Å². The van der Waals surface area contributed by atoms with Crippen LogP contribution in [-0.2, 0) is 7.05 Å². The molecule has 0 amide bonds. The van der Waals surface area contributed by atoms with Gasteiger partial charge in [-0.25, -0.2) is 4.98 Å². The maximum absolute atomic E-state index is 4.45. The molecule has 1 atom stereocenters. The monoisotopic (exact) mass is 259 g/mol. The van der Waals surface area contributed by atoms with Crippen LogP contribution in [0.15, 0.2) is 30.6 Å². The molecule has 19 heavy (non-hydrogen) atoms. The molecular formula is C14H21N5. The summed E-state index contributed by atoms with van der Waals surface area (Å²) in [6.45, 7) is 2.80. The van der Waals surface area contributed by atoms with E-state index in [0.29, 0.717) is 0 Å². The van der Waals surface area contributed by atoms with E-state index in [1.54, 1.807) is 0 Å². The third-order valence-corrected chi connectivity index (χ3v) is 3.10. The molecule has 0 spiro atoms. The standard InChI is InChI=1S/C14H21N5/c1-11-6-5-7-14(17-11)15-9-13(18(2)3)12-8-16-19(4)10-12/h5-8,10,13H,9H2,1-4H3,(H,15,17)/t13-/m1/s1. The van der Waals surface area contributed by atoms with Crippen LogP contribution in [0, 0.1) is 6.92 Å². The summed E-state index contributed by atoms with van der Waals surface area (Å²) in [7, 11) is 6.08. The average Bonchev–Trinajstić information content (AvgIpc) is 2.76. The van der Waals surface area contributed by atoms with Crippen molar-refractivity contribution in [3.63, 3.8) is 0 Å². The van der Waals surface area contributed by atoms with E-state index < -0.39 is 0 Å². The van der Waals surface area contributed by atoms with E-state index >= 15 is 0 Å². The van der Waals surface area contributed by atoms with E-state index in [9.17, 15) is 0 Å². The molecule has 0 fully saturated rings. The van der Waals surface area contributed by atoms with Gasteiger partial charge in [0.2, 0.25) is 0 Å². The molecule has 1 N–H and O–H groups in total. The van der Waals surface area contributed by atoms with Crippen molar-refractivity contribution < 1.29 is 0 Å². The molecule has 0 aliphatic heterocycles. The Balaban J connectivity index is 2.06. The van der Waals surface area contributed by atoms with E-state index in [1.807, 2.05) is 43.0 Å². The fourth-order valence-corrected chi connectivity index (χ4v) is 2.05. The molecule has 0 unspecified atom stereocenters. The van der Waals surface area contributed by atoms with Gasteiger partial charge in [-0.05, 0) is 33.2 Å². The molecule has 2 aromatic heterocycles. The molecule has 5 heteroatoms. The largest absolute Gasteiger partial charge is 0.368 e. The third-order valence-electron chi connectivity index (χ3n) is 3.10. The highest BCUT2D eigenvalue weighted by atomic mass is 15.2. The van der Waals surface area contributed by atoms with Gasteiger partial charge >= 0.3 is 0 Å². The maximum Gasteiger partial charge on any atom is 0.126 e. The lowest BCUT2D eigenvalue weighted by Gasteiger charge is -2.23. The Hall–Kier alpha value is -1.88. The molecule has 0 aliphatic carbocycles. The fourth-order valence-electron chi connectivity index (χ4n) is 2.05. The molecule has 0 bridgehead atoms. The minimum Gasteiger partial charge on any atom is -0.368 e. The number of anilines is 1. The van der Waals surface area contributed by atoms with Crippen LogP contribution in [0.4, 0.5) is 5.82 Å². The Bertz CT molecular complexity index is 532. The minimum absolute atomic E-state index is 0.274. The van der Waals surface area contributed by atoms with Crippen molar-refractivity contribution >= 4 is 5.82 Å². The zero-order valence-corrected chi connectivity index (χ0v) is 12.0. The summed E-state index contributed by atoms with van der Waals surface area (Å²) in [5, 5.41) is 7.62. The smallest absolute Gasteiger partial charge is 0.126 e. The minimum atomic E-state index is 0.274. The second-order valence-electron chi connectivity index (χ2n) is 4.97. The summed E-state index contributed by atoms with van der Waals surface area (Å²) in [6.07, 6.45) is 3.96. The van der Waals surface area contributed by atoms with Crippen molar-refractivity contribution in [3.05, 3.63) is 41.9 Å². The number of hydrogen-bond acceptors (Lipinski definition) is 4. The van der Waals surface area contributed by atoms with Gasteiger partial charge in [-0.1, -0.05) is 6.07 Å². The van der Waals surface area contributed by atoms with Gasteiger partial charge in [0.1, 0.15) is 5.82 Å². The van der Waals surface area contributed by atoms with Crippen LogP contribution in [0.5, 0.6) is 0 Å². The summed E-state index contributed by atoms with van der Waals surface area (Å²) in [4.78, 5) is 6.63. The van der Waals surface area contributed by atoms with Gasteiger partial charge in [-0.3, -0.25) is 4.68 Å². The Kier molecular flexibility index (Phi) is 4.16. The SMILES string of the molecule is Cc1cccc(NC[C@H](c2cnn(C)c2)N(C)C)n1. The normalized spacial score (nSPS) is 12.7. The molecule has 2 heterocycles. The second kappa shape index (κ2) is 5.84. The van der Waals surface area contributed by atoms with Crippen LogP contribution in [0.25, 0.3) is 0 Å². The Morgan fingerprint density at radius 1 is 1.37 bits per heavy atom. The van der Waals surface area contributed by atoms with Crippen LogP contribution < -0.4 is 5.32 Å². The quantitative estimate of drug-likeness (QED) is 0.890. The third kappa shape index (κ3) is 3.54. The molecule has 0 radical (unpaired) electrons. The molecule has 2 aromatic rings. The van der Waals surface area contributed by atoms with Crippen molar-refractivity contribution in [2.24, 2.45) is 7.05 Å². The zero-order chi connectivity index (χ0) is 13.8. The average molecular weight is 259 g/mol.